The summed E-state index contributed by atoms with van der Waals surface area (Å²) >= 11 is 3.87. The number of urea groups is 1. The Labute approximate surface area is 89.3 Å². The van der Waals surface area contributed by atoms with E-state index >= 15 is 0 Å². The second kappa shape index (κ2) is 7.64. The molecule has 14 heavy (non-hydrogen) atoms. The minimum Gasteiger partial charge on any atom is -0.352 e. The van der Waals surface area contributed by atoms with Gasteiger partial charge in [-0.1, -0.05) is 19.7 Å². The van der Waals surface area contributed by atoms with Crippen LogP contribution in [0.15, 0.2) is 0 Å². The molecule has 0 aromatic rings. The molecule has 0 heterocycles. The van der Waals surface area contributed by atoms with E-state index in [0.717, 1.165) is 0 Å². The zero-order valence-electron chi connectivity index (χ0n) is 8.25. The van der Waals surface area contributed by atoms with Crippen LogP contribution in [0.4, 0.5) is 4.79 Å². The van der Waals surface area contributed by atoms with E-state index in [9.17, 15) is 9.59 Å². The summed E-state index contributed by atoms with van der Waals surface area (Å²) in [7, 11) is 0. The molecular formula is C8H17N3O2S. The molecule has 0 aliphatic heterocycles. The van der Waals surface area contributed by atoms with Crippen LogP contribution in [0, 0.1) is 0 Å². The van der Waals surface area contributed by atoms with Gasteiger partial charge < -0.3 is 11.1 Å². The number of carbonyl (C=O) groups excluding carboxylic acids is 2. The maximum atomic E-state index is 11.2. The fraction of sp³-hybridized carbons (Fsp3) is 0.750. The van der Waals surface area contributed by atoms with E-state index in [1.807, 2.05) is 6.92 Å². The Bertz CT molecular complexity index is 199. The van der Waals surface area contributed by atoms with E-state index in [1.165, 1.54) is 0 Å². The molecule has 0 saturated carbocycles. The van der Waals surface area contributed by atoms with Crippen molar-refractivity contribution < 1.29 is 9.59 Å². The highest BCUT2D eigenvalue weighted by atomic mass is 32.1. The first-order chi connectivity index (χ1) is 6.61. The van der Waals surface area contributed by atoms with Crippen molar-refractivity contribution in [2.75, 3.05) is 6.54 Å². The van der Waals surface area contributed by atoms with Crippen molar-refractivity contribution in [1.29, 1.82) is 0 Å². The SMILES string of the molecule is CCC(=O)[C@H](CCCNC(N)=O)NS. The molecule has 1 atom stereocenters. The van der Waals surface area contributed by atoms with Crippen molar-refractivity contribution in [3.05, 3.63) is 0 Å². The average Bonchev–Trinajstić information content (AvgIpc) is 2.16. The van der Waals surface area contributed by atoms with Crippen LogP contribution in [0.25, 0.3) is 0 Å². The van der Waals surface area contributed by atoms with E-state index < -0.39 is 6.03 Å². The van der Waals surface area contributed by atoms with Crippen LogP contribution >= 0.6 is 12.8 Å². The number of primary amides is 1. The number of carbonyl (C=O) groups is 2. The average molecular weight is 219 g/mol. The maximum absolute atomic E-state index is 11.2. The van der Waals surface area contributed by atoms with Gasteiger partial charge in [0.15, 0.2) is 0 Å². The van der Waals surface area contributed by atoms with Gasteiger partial charge in [0.05, 0.1) is 6.04 Å². The first-order valence-corrected chi connectivity index (χ1v) is 5.02. The number of Topliss-reactive ketones (excluding diaryl/α,β-unsaturated/α-hetero) is 1. The Morgan fingerprint density at radius 1 is 1.50 bits per heavy atom. The molecule has 0 aromatic carbocycles. The number of rotatable bonds is 7. The fourth-order valence-corrected chi connectivity index (χ4v) is 1.33. The van der Waals surface area contributed by atoms with Gasteiger partial charge >= 0.3 is 6.03 Å². The second-order valence-corrected chi connectivity index (χ2v) is 3.19. The minimum absolute atomic E-state index is 0.124. The third-order valence-electron chi connectivity index (χ3n) is 1.86. The van der Waals surface area contributed by atoms with Gasteiger partial charge in [-0.15, -0.1) is 0 Å². The molecule has 82 valence electrons. The van der Waals surface area contributed by atoms with Gasteiger partial charge in [0, 0.05) is 13.0 Å². The predicted molar refractivity (Wildman–Crippen MR) is 58.0 cm³/mol. The van der Waals surface area contributed by atoms with Gasteiger partial charge in [-0.25, -0.2) is 4.79 Å². The highest BCUT2D eigenvalue weighted by Gasteiger charge is 2.13. The zero-order chi connectivity index (χ0) is 11.0. The van der Waals surface area contributed by atoms with Crippen molar-refractivity contribution >= 4 is 24.6 Å². The third kappa shape index (κ3) is 5.82. The number of ketones is 1. The molecule has 0 aliphatic carbocycles. The number of nitrogens with two attached hydrogens (primary N) is 1. The smallest absolute Gasteiger partial charge is 0.312 e. The molecule has 0 rings (SSSR count). The summed E-state index contributed by atoms with van der Waals surface area (Å²) in [6, 6.07) is -0.778. The Balaban J connectivity index is 3.63. The van der Waals surface area contributed by atoms with Crippen LogP contribution in [-0.4, -0.2) is 24.4 Å². The van der Waals surface area contributed by atoms with Gasteiger partial charge in [0.2, 0.25) is 0 Å². The fourth-order valence-electron chi connectivity index (χ4n) is 1.06. The number of hydrogen-bond donors (Lipinski definition) is 4. The van der Waals surface area contributed by atoms with Crippen LogP contribution in [0.2, 0.25) is 0 Å². The first-order valence-electron chi connectivity index (χ1n) is 4.57. The third-order valence-corrected chi connectivity index (χ3v) is 2.17. The Morgan fingerprint density at radius 3 is 2.57 bits per heavy atom. The quantitative estimate of drug-likeness (QED) is 0.365. The van der Waals surface area contributed by atoms with E-state index in [1.54, 1.807) is 0 Å². The molecule has 0 aromatic heterocycles. The van der Waals surface area contributed by atoms with Crippen molar-refractivity contribution in [2.24, 2.45) is 5.73 Å². The zero-order valence-corrected chi connectivity index (χ0v) is 9.14. The van der Waals surface area contributed by atoms with E-state index in [0.29, 0.717) is 25.8 Å². The van der Waals surface area contributed by atoms with Crippen LogP contribution in [0.1, 0.15) is 26.2 Å². The van der Waals surface area contributed by atoms with Gasteiger partial charge in [-0.05, 0) is 12.8 Å². The van der Waals surface area contributed by atoms with Crippen LogP contribution in [0.3, 0.4) is 0 Å². The van der Waals surface area contributed by atoms with Crippen molar-refractivity contribution in [3.63, 3.8) is 0 Å². The lowest BCUT2D eigenvalue weighted by molar-refractivity contribution is -0.120. The lowest BCUT2D eigenvalue weighted by atomic mass is 10.1. The number of amides is 2. The van der Waals surface area contributed by atoms with Crippen LogP contribution in [-0.2, 0) is 4.79 Å². The van der Waals surface area contributed by atoms with E-state index in [-0.39, 0.29) is 11.8 Å². The number of hydrogen-bond acceptors (Lipinski definition) is 4. The summed E-state index contributed by atoms with van der Waals surface area (Å²) in [5.74, 6) is 0.124. The highest BCUT2D eigenvalue weighted by Crippen LogP contribution is 2.01. The topological polar surface area (TPSA) is 84.2 Å². The summed E-state index contributed by atoms with van der Waals surface area (Å²) in [6.45, 7) is 2.29. The molecule has 0 spiro atoms. The number of thiol groups is 1. The summed E-state index contributed by atoms with van der Waals surface area (Å²) in [6.07, 6.45) is 1.84. The largest absolute Gasteiger partial charge is 0.352 e. The molecule has 0 saturated heterocycles. The predicted octanol–water partition coefficient (Wildman–Crippen LogP) is 0.217. The molecule has 2 amide bonds. The summed E-state index contributed by atoms with van der Waals surface area (Å²) in [5.41, 5.74) is 4.88. The van der Waals surface area contributed by atoms with Gasteiger partial charge in [0.1, 0.15) is 5.78 Å². The van der Waals surface area contributed by atoms with Crippen LogP contribution in [0.5, 0.6) is 0 Å². The van der Waals surface area contributed by atoms with Crippen molar-refractivity contribution in [1.82, 2.24) is 10.0 Å². The molecule has 0 bridgehead atoms. The maximum Gasteiger partial charge on any atom is 0.312 e. The molecule has 5 nitrogen and oxygen atoms in total. The van der Waals surface area contributed by atoms with Gasteiger partial charge in [0.25, 0.3) is 0 Å². The van der Waals surface area contributed by atoms with Gasteiger partial charge in [-0.2, -0.15) is 0 Å². The molecule has 0 fully saturated rings. The molecule has 0 aliphatic rings. The Morgan fingerprint density at radius 2 is 2.14 bits per heavy atom. The summed E-state index contributed by atoms with van der Waals surface area (Å²) < 4.78 is 2.64. The van der Waals surface area contributed by atoms with E-state index in [4.69, 9.17) is 5.73 Å². The summed E-state index contributed by atoms with van der Waals surface area (Å²) in [4.78, 5) is 21.6. The minimum atomic E-state index is -0.540. The van der Waals surface area contributed by atoms with Crippen molar-refractivity contribution in [2.45, 2.75) is 32.2 Å². The van der Waals surface area contributed by atoms with Crippen LogP contribution < -0.4 is 15.8 Å². The normalized spacial score (nSPS) is 12.1. The highest BCUT2D eigenvalue weighted by molar-refractivity contribution is 7.78. The molecule has 6 heteroatoms. The van der Waals surface area contributed by atoms with E-state index in [2.05, 4.69) is 22.9 Å². The lowest BCUT2D eigenvalue weighted by Gasteiger charge is -2.12. The Kier molecular flexibility index (Phi) is 7.23. The lowest BCUT2D eigenvalue weighted by Crippen LogP contribution is -2.33. The number of nitrogens with one attached hydrogen (secondary N) is 2. The van der Waals surface area contributed by atoms with Crippen molar-refractivity contribution in [3.8, 4) is 0 Å². The molecule has 0 radical (unpaired) electrons. The molecule has 4 N–H and O–H groups in total. The Hall–Kier alpha value is -0.750. The standard InChI is InChI=1S/C8H17N3O2S/c1-2-7(12)6(11-14)4-3-5-10-8(9)13/h6,11,14H,2-5H2,1H3,(H3,9,10,13)/t6-/m0/s1. The van der Waals surface area contributed by atoms with Gasteiger partial charge in [-0.3, -0.25) is 9.52 Å². The second-order valence-electron chi connectivity index (χ2n) is 2.93. The first kappa shape index (κ1) is 13.2. The summed E-state index contributed by atoms with van der Waals surface area (Å²) in [5, 5.41) is 2.46. The molecular weight excluding hydrogens is 202 g/mol. The molecule has 0 unspecified atom stereocenters. The monoisotopic (exact) mass is 219 g/mol.